The van der Waals surface area contributed by atoms with Crippen molar-refractivity contribution in [2.24, 2.45) is 0 Å². The predicted octanol–water partition coefficient (Wildman–Crippen LogP) is 4.78. The monoisotopic (exact) mass is 446 g/mol. The van der Waals surface area contributed by atoms with Crippen LogP contribution in [-0.2, 0) is 10.0 Å². The molecule has 0 unspecified atom stereocenters. The van der Waals surface area contributed by atoms with Crippen LogP contribution in [0.25, 0.3) is 0 Å². The Hall–Kier alpha value is -3.98. The van der Waals surface area contributed by atoms with Gasteiger partial charge in [0.2, 0.25) is 0 Å². The van der Waals surface area contributed by atoms with Crippen LogP contribution in [0, 0.1) is 13.8 Å². The van der Waals surface area contributed by atoms with Gasteiger partial charge < -0.3 is 10.6 Å². The molecule has 2 aromatic carbocycles. The van der Waals surface area contributed by atoms with Gasteiger partial charge in [-0.3, -0.25) is 4.72 Å². The summed E-state index contributed by atoms with van der Waals surface area (Å²) in [5.41, 5.74) is 2.94. The molecule has 0 aliphatic carbocycles. The maximum atomic E-state index is 12.7. The van der Waals surface area contributed by atoms with Crippen LogP contribution in [0.2, 0.25) is 0 Å². The molecule has 0 saturated heterocycles. The van der Waals surface area contributed by atoms with Crippen LogP contribution in [0.3, 0.4) is 0 Å². The number of benzene rings is 2. The number of nitrogens with one attached hydrogen (secondary N) is 3. The molecule has 32 heavy (non-hydrogen) atoms. The summed E-state index contributed by atoms with van der Waals surface area (Å²) in [5, 5.41) is 6.29. The van der Waals surface area contributed by atoms with E-state index in [4.69, 9.17) is 0 Å². The minimum atomic E-state index is -3.67. The molecule has 0 spiro atoms. The largest absolute Gasteiger partial charge is 0.340 e. The number of aryl methyl sites for hydroxylation is 2. The summed E-state index contributed by atoms with van der Waals surface area (Å²) >= 11 is 0. The molecule has 0 saturated carbocycles. The van der Waals surface area contributed by atoms with E-state index in [1.165, 1.54) is 6.33 Å². The summed E-state index contributed by atoms with van der Waals surface area (Å²) in [4.78, 5) is 12.9. The maximum absolute atomic E-state index is 12.7. The molecular weight excluding hydrogens is 424 g/mol. The Kier molecular flexibility index (Phi) is 6.00. The van der Waals surface area contributed by atoms with Crippen molar-refractivity contribution in [1.82, 2.24) is 15.0 Å². The van der Waals surface area contributed by atoms with Gasteiger partial charge in [0.05, 0.1) is 4.90 Å². The number of rotatable bonds is 7. The first kappa shape index (κ1) is 21.3. The van der Waals surface area contributed by atoms with Crippen LogP contribution in [0.1, 0.15) is 11.1 Å². The number of anilines is 5. The standard InChI is InChI=1S/C23H22N6O2S/c1-16-6-11-20(17(2)13-16)32(30,31)29-19-9-7-18(8-10-19)27-22-14-23(26-15-25-22)28-21-5-3-4-12-24-21/h3-15,29H,1-2H3,(H2,24,25,26,27,28). The molecule has 0 aliphatic rings. The fraction of sp³-hybridized carbons (Fsp3) is 0.0870. The van der Waals surface area contributed by atoms with Gasteiger partial charge in [-0.1, -0.05) is 23.8 Å². The van der Waals surface area contributed by atoms with Gasteiger partial charge in [-0.25, -0.2) is 23.4 Å². The predicted molar refractivity (Wildman–Crippen MR) is 126 cm³/mol. The van der Waals surface area contributed by atoms with Gasteiger partial charge in [0, 0.05) is 23.6 Å². The summed E-state index contributed by atoms with van der Waals surface area (Å²) in [6.45, 7) is 3.71. The Morgan fingerprint density at radius 1 is 0.719 bits per heavy atom. The van der Waals surface area contributed by atoms with Crippen LogP contribution in [-0.4, -0.2) is 23.4 Å². The van der Waals surface area contributed by atoms with Crippen molar-refractivity contribution in [3.63, 3.8) is 0 Å². The zero-order valence-electron chi connectivity index (χ0n) is 17.6. The Labute approximate surface area is 186 Å². The van der Waals surface area contributed by atoms with Gasteiger partial charge in [0.15, 0.2) is 0 Å². The van der Waals surface area contributed by atoms with E-state index in [1.807, 2.05) is 31.2 Å². The first-order chi connectivity index (χ1) is 15.4. The fourth-order valence-electron chi connectivity index (χ4n) is 3.14. The van der Waals surface area contributed by atoms with Gasteiger partial charge >= 0.3 is 0 Å². The summed E-state index contributed by atoms with van der Waals surface area (Å²) in [6.07, 6.45) is 3.14. The molecule has 4 rings (SSSR count). The maximum Gasteiger partial charge on any atom is 0.262 e. The van der Waals surface area contributed by atoms with E-state index in [0.29, 0.717) is 28.7 Å². The van der Waals surface area contributed by atoms with Crippen molar-refractivity contribution in [2.75, 3.05) is 15.4 Å². The third-order valence-electron chi connectivity index (χ3n) is 4.62. The average Bonchev–Trinajstić information content (AvgIpc) is 2.76. The zero-order valence-corrected chi connectivity index (χ0v) is 18.4. The average molecular weight is 447 g/mol. The van der Waals surface area contributed by atoms with Gasteiger partial charge in [-0.05, 0) is 61.9 Å². The number of aromatic nitrogens is 3. The van der Waals surface area contributed by atoms with E-state index in [2.05, 4.69) is 30.3 Å². The Morgan fingerprint density at radius 2 is 1.44 bits per heavy atom. The van der Waals surface area contributed by atoms with E-state index in [9.17, 15) is 8.42 Å². The van der Waals surface area contributed by atoms with Crippen LogP contribution in [0.15, 0.2) is 84.1 Å². The third-order valence-corrected chi connectivity index (χ3v) is 6.16. The Balaban J connectivity index is 1.44. The minimum absolute atomic E-state index is 0.263. The smallest absolute Gasteiger partial charge is 0.262 e. The zero-order chi connectivity index (χ0) is 22.6. The molecule has 162 valence electrons. The highest BCUT2D eigenvalue weighted by molar-refractivity contribution is 7.92. The van der Waals surface area contributed by atoms with E-state index in [1.54, 1.807) is 55.6 Å². The molecule has 2 aromatic heterocycles. The summed E-state index contributed by atoms with van der Waals surface area (Å²) in [7, 11) is -3.67. The van der Waals surface area contributed by atoms with Gasteiger partial charge in [0.1, 0.15) is 23.8 Å². The first-order valence-electron chi connectivity index (χ1n) is 9.86. The van der Waals surface area contributed by atoms with Crippen molar-refractivity contribution >= 4 is 38.9 Å². The van der Waals surface area contributed by atoms with Crippen LogP contribution < -0.4 is 15.4 Å². The molecular formula is C23H22N6O2S. The molecule has 3 N–H and O–H groups in total. The molecule has 0 aliphatic heterocycles. The highest BCUT2D eigenvalue weighted by Crippen LogP contribution is 2.23. The Bertz CT molecular complexity index is 1330. The normalized spacial score (nSPS) is 11.1. The first-order valence-corrected chi connectivity index (χ1v) is 11.3. The van der Waals surface area contributed by atoms with Crippen molar-refractivity contribution in [3.8, 4) is 0 Å². The summed E-state index contributed by atoms with van der Waals surface area (Å²) in [6, 6.07) is 19.5. The molecule has 8 nitrogen and oxygen atoms in total. The van der Waals surface area contributed by atoms with Gasteiger partial charge in [0.25, 0.3) is 10.0 Å². The fourth-order valence-corrected chi connectivity index (χ4v) is 4.43. The lowest BCUT2D eigenvalue weighted by Gasteiger charge is -2.12. The number of sulfonamides is 1. The van der Waals surface area contributed by atoms with E-state index >= 15 is 0 Å². The lowest BCUT2D eigenvalue weighted by Crippen LogP contribution is -2.14. The SMILES string of the molecule is Cc1ccc(S(=O)(=O)Nc2ccc(Nc3cc(Nc4ccccn4)ncn3)cc2)c(C)c1. The van der Waals surface area contributed by atoms with Gasteiger partial charge in [-0.15, -0.1) is 0 Å². The second-order valence-electron chi connectivity index (χ2n) is 7.21. The van der Waals surface area contributed by atoms with Crippen LogP contribution in [0.4, 0.5) is 28.8 Å². The molecule has 9 heteroatoms. The molecule has 0 amide bonds. The van der Waals surface area contributed by atoms with Gasteiger partial charge in [-0.2, -0.15) is 0 Å². The minimum Gasteiger partial charge on any atom is -0.340 e. The summed E-state index contributed by atoms with van der Waals surface area (Å²) < 4.78 is 28.1. The number of hydrogen-bond acceptors (Lipinski definition) is 7. The van der Waals surface area contributed by atoms with Crippen LogP contribution in [0.5, 0.6) is 0 Å². The number of nitrogens with zero attached hydrogens (tertiary/aromatic N) is 3. The quantitative estimate of drug-likeness (QED) is 0.375. The molecule has 0 atom stereocenters. The van der Waals surface area contributed by atoms with E-state index < -0.39 is 10.0 Å². The number of hydrogen-bond donors (Lipinski definition) is 3. The third kappa shape index (κ3) is 5.19. The van der Waals surface area contributed by atoms with Crippen molar-refractivity contribution in [1.29, 1.82) is 0 Å². The molecule has 0 radical (unpaired) electrons. The summed E-state index contributed by atoms with van der Waals surface area (Å²) in [5.74, 6) is 1.86. The van der Waals surface area contributed by atoms with E-state index in [-0.39, 0.29) is 4.90 Å². The highest BCUT2D eigenvalue weighted by atomic mass is 32.2. The molecule has 2 heterocycles. The second-order valence-corrected chi connectivity index (χ2v) is 8.86. The Morgan fingerprint density at radius 3 is 2.12 bits per heavy atom. The lowest BCUT2D eigenvalue weighted by atomic mass is 10.2. The van der Waals surface area contributed by atoms with Crippen molar-refractivity contribution in [3.05, 3.63) is 90.4 Å². The molecule has 0 bridgehead atoms. The van der Waals surface area contributed by atoms with Crippen molar-refractivity contribution in [2.45, 2.75) is 18.7 Å². The lowest BCUT2D eigenvalue weighted by molar-refractivity contribution is 0.600. The van der Waals surface area contributed by atoms with Crippen molar-refractivity contribution < 1.29 is 8.42 Å². The second kappa shape index (κ2) is 9.03. The highest BCUT2D eigenvalue weighted by Gasteiger charge is 2.16. The van der Waals surface area contributed by atoms with Crippen LogP contribution >= 0.6 is 0 Å². The topological polar surface area (TPSA) is 109 Å². The molecule has 4 aromatic rings. The van der Waals surface area contributed by atoms with E-state index in [0.717, 1.165) is 11.3 Å². The number of pyridine rings is 1. The molecule has 0 fully saturated rings.